The number of halogens is 3. The molecule has 8 nitrogen and oxygen atoms in total. The van der Waals surface area contributed by atoms with Gasteiger partial charge in [-0.15, -0.1) is 0 Å². The van der Waals surface area contributed by atoms with Gasteiger partial charge in [0.15, 0.2) is 0 Å². The molecule has 0 radical (unpaired) electrons. The topological polar surface area (TPSA) is 89.6 Å². The highest BCUT2D eigenvalue weighted by Gasteiger charge is 2.38. The average molecular weight is 555 g/mol. The van der Waals surface area contributed by atoms with E-state index in [2.05, 4.69) is 25.8 Å². The molecule has 40 heavy (non-hydrogen) atoms. The van der Waals surface area contributed by atoms with Crippen LogP contribution in [0.4, 0.5) is 24.5 Å². The van der Waals surface area contributed by atoms with Crippen LogP contribution in [-0.2, 0) is 19.3 Å². The fourth-order valence-electron chi connectivity index (χ4n) is 4.63. The molecule has 0 unspecified atom stereocenters. The third-order valence-corrected chi connectivity index (χ3v) is 6.98. The molecule has 0 bridgehead atoms. The van der Waals surface area contributed by atoms with E-state index in [1.807, 2.05) is 18.9 Å². The van der Waals surface area contributed by atoms with Crippen molar-refractivity contribution in [3.05, 3.63) is 88.2 Å². The van der Waals surface area contributed by atoms with Crippen molar-refractivity contribution in [2.75, 3.05) is 50.9 Å². The number of aromatic nitrogens is 1. The normalized spacial score (nSPS) is 14.6. The molecule has 0 atom stereocenters. The predicted octanol–water partition coefficient (Wildman–Crippen LogP) is 4.38. The number of rotatable bonds is 8. The minimum absolute atomic E-state index is 0.0898. The zero-order valence-electron chi connectivity index (χ0n) is 22.7. The Kier molecular flexibility index (Phi) is 9.06. The number of hydrogen-bond acceptors (Lipinski definition) is 6. The highest BCUT2D eigenvalue weighted by atomic mass is 19.4. The third-order valence-electron chi connectivity index (χ3n) is 6.98. The van der Waals surface area contributed by atoms with Gasteiger partial charge in [-0.2, -0.15) is 13.2 Å². The Morgan fingerprint density at radius 1 is 0.950 bits per heavy atom. The Labute approximate surface area is 231 Å². The van der Waals surface area contributed by atoms with Crippen molar-refractivity contribution in [1.29, 1.82) is 0 Å². The Morgan fingerprint density at radius 3 is 2.40 bits per heavy atom. The number of aryl methyl sites for hydroxylation is 1. The maximum atomic E-state index is 14.3. The zero-order valence-corrected chi connectivity index (χ0v) is 22.7. The van der Waals surface area contributed by atoms with Crippen LogP contribution in [0, 0.1) is 6.92 Å². The highest BCUT2D eigenvalue weighted by molar-refractivity contribution is 6.05. The van der Waals surface area contributed by atoms with E-state index in [-0.39, 0.29) is 23.7 Å². The van der Waals surface area contributed by atoms with E-state index >= 15 is 0 Å². The average Bonchev–Trinajstić information content (AvgIpc) is 2.93. The lowest BCUT2D eigenvalue weighted by Crippen LogP contribution is -2.44. The Balaban J connectivity index is 1.51. The number of pyridine rings is 1. The highest BCUT2D eigenvalue weighted by Crippen LogP contribution is 2.36. The summed E-state index contributed by atoms with van der Waals surface area (Å²) in [5, 5.41) is 8.40. The fraction of sp³-hybridized carbons (Fsp3) is 0.345. The van der Waals surface area contributed by atoms with Crippen molar-refractivity contribution in [2.24, 2.45) is 0 Å². The van der Waals surface area contributed by atoms with E-state index in [0.29, 0.717) is 31.0 Å². The lowest BCUT2D eigenvalue weighted by molar-refractivity contribution is -0.138. The Morgan fingerprint density at radius 2 is 1.70 bits per heavy atom. The molecule has 2 amide bonds. The van der Waals surface area contributed by atoms with E-state index in [1.54, 1.807) is 30.3 Å². The second-order valence-corrected chi connectivity index (χ2v) is 9.87. The van der Waals surface area contributed by atoms with Crippen LogP contribution in [-0.4, -0.2) is 66.9 Å². The number of nitrogens with zero attached hydrogens (tertiary/aromatic N) is 3. The van der Waals surface area contributed by atoms with Crippen LogP contribution in [0.1, 0.15) is 43.1 Å². The van der Waals surface area contributed by atoms with Crippen molar-refractivity contribution in [1.82, 2.24) is 20.1 Å². The van der Waals surface area contributed by atoms with Gasteiger partial charge in [0.05, 0.1) is 11.1 Å². The second kappa shape index (κ2) is 12.5. The summed E-state index contributed by atoms with van der Waals surface area (Å²) in [6, 6.07) is 12.7. The number of piperazine rings is 1. The van der Waals surface area contributed by atoms with E-state index in [0.717, 1.165) is 24.2 Å². The van der Waals surface area contributed by atoms with Gasteiger partial charge in [-0.3, -0.25) is 19.5 Å². The SMILES string of the molecule is CNC(=O)c1cc(NCc2cc(NC(=O)c3cccc(CN4CCN(C)CC4)c3C(F)(F)F)ccc2C)ccn1. The molecular formula is C29H33F3N6O2. The van der Waals surface area contributed by atoms with Gasteiger partial charge in [-0.05, 0) is 61.0 Å². The minimum Gasteiger partial charge on any atom is -0.381 e. The summed E-state index contributed by atoms with van der Waals surface area (Å²) in [5.74, 6) is -1.13. The van der Waals surface area contributed by atoms with Crippen LogP contribution in [0.15, 0.2) is 54.7 Å². The third kappa shape index (κ3) is 7.16. The smallest absolute Gasteiger partial charge is 0.381 e. The fourth-order valence-corrected chi connectivity index (χ4v) is 4.63. The molecule has 1 saturated heterocycles. The number of likely N-dealkylation sites (N-methyl/N-ethyl adjacent to an activating group) is 1. The van der Waals surface area contributed by atoms with Gasteiger partial charge >= 0.3 is 6.18 Å². The van der Waals surface area contributed by atoms with Gasteiger partial charge in [-0.1, -0.05) is 18.2 Å². The predicted molar refractivity (Wildman–Crippen MR) is 148 cm³/mol. The lowest BCUT2D eigenvalue weighted by Gasteiger charge is -2.33. The number of amides is 2. The Hall–Kier alpha value is -3.96. The van der Waals surface area contributed by atoms with Crippen LogP contribution < -0.4 is 16.0 Å². The monoisotopic (exact) mass is 554 g/mol. The summed E-state index contributed by atoms with van der Waals surface area (Å²) in [6.45, 7) is 5.27. The quantitative estimate of drug-likeness (QED) is 0.383. The first-order chi connectivity index (χ1) is 19.0. The molecule has 0 aliphatic carbocycles. The Bertz CT molecular complexity index is 1370. The van der Waals surface area contributed by atoms with E-state index in [9.17, 15) is 22.8 Å². The molecule has 212 valence electrons. The molecule has 3 aromatic rings. The summed E-state index contributed by atoms with van der Waals surface area (Å²) < 4.78 is 42.8. The summed E-state index contributed by atoms with van der Waals surface area (Å²) in [5.41, 5.74) is 1.86. The molecule has 0 spiro atoms. The van der Waals surface area contributed by atoms with Gasteiger partial charge in [0.25, 0.3) is 11.8 Å². The largest absolute Gasteiger partial charge is 0.417 e. The summed E-state index contributed by atoms with van der Waals surface area (Å²) in [6.07, 6.45) is -3.16. The molecule has 11 heteroatoms. The van der Waals surface area contributed by atoms with Crippen LogP contribution in [0.3, 0.4) is 0 Å². The van der Waals surface area contributed by atoms with E-state index in [1.165, 1.54) is 31.4 Å². The van der Waals surface area contributed by atoms with Crippen molar-refractivity contribution < 1.29 is 22.8 Å². The molecule has 1 aliphatic rings. The van der Waals surface area contributed by atoms with Crippen LogP contribution >= 0.6 is 0 Å². The molecule has 2 heterocycles. The van der Waals surface area contributed by atoms with E-state index in [4.69, 9.17) is 0 Å². The molecular weight excluding hydrogens is 521 g/mol. The molecule has 2 aromatic carbocycles. The zero-order chi connectivity index (χ0) is 28.9. The summed E-state index contributed by atoms with van der Waals surface area (Å²) in [4.78, 5) is 33.2. The molecule has 0 saturated carbocycles. The number of carbonyl (C=O) groups is 2. The van der Waals surface area contributed by atoms with Crippen LogP contribution in [0.2, 0.25) is 0 Å². The van der Waals surface area contributed by atoms with Crippen molar-refractivity contribution in [3.8, 4) is 0 Å². The molecule has 1 aromatic heterocycles. The maximum Gasteiger partial charge on any atom is 0.417 e. The summed E-state index contributed by atoms with van der Waals surface area (Å²) >= 11 is 0. The second-order valence-electron chi connectivity index (χ2n) is 9.87. The molecule has 4 rings (SSSR count). The van der Waals surface area contributed by atoms with Gasteiger partial charge in [0.1, 0.15) is 5.69 Å². The van der Waals surface area contributed by atoms with Crippen LogP contribution in [0.25, 0.3) is 0 Å². The number of carbonyl (C=O) groups excluding carboxylic acids is 2. The molecule has 1 fully saturated rings. The first-order valence-electron chi connectivity index (χ1n) is 13.0. The molecule has 1 aliphatic heterocycles. The lowest BCUT2D eigenvalue weighted by atomic mass is 9.98. The van der Waals surface area contributed by atoms with Gasteiger partial charge in [-0.25, -0.2) is 0 Å². The standard InChI is InChI=1S/C29H33F3N6O2/c1-19-7-8-23(15-21(19)17-35-22-9-10-34-25(16-22)28(40)33-2)36-27(39)24-6-4-5-20(26(24)29(30,31)32)18-38-13-11-37(3)12-14-38/h4-10,15-16H,11-14,17-18H2,1-3H3,(H,33,40)(H,34,35)(H,36,39). The van der Waals surface area contributed by atoms with Gasteiger partial charge in [0, 0.05) is 63.9 Å². The number of benzene rings is 2. The maximum absolute atomic E-state index is 14.3. The number of hydrogen-bond donors (Lipinski definition) is 3. The van der Waals surface area contributed by atoms with Crippen molar-refractivity contribution >= 4 is 23.2 Å². The molecule has 3 N–H and O–H groups in total. The first-order valence-corrected chi connectivity index (χ1v) is 13.0. The van der Waals surface area contributed by atoms with Crippen molar-refractivity contribution in [3.63, 3.8) is 0 Å². The van der Waals surface area contributed by atoms with E-state index < -0.39 is 23.2 Å². The minimum atomic E-state index is -4.68. The first kappa shape index (κ1) is 29.0. The summed E-state index contributed by atoms with van der Waals surface area (Å²) in [7, 11) is 3.51. The van der Waals surface area contributed by atoms with Gasteiger partial charge < -0.3 is 20.9 Å². The number of anilines is 2. The van der Waals surface area contributed by atoms with Crippen molar-refractivity contribution in [2.45, 2.75) is 26.2 Å². The number of alkyl halides is 3. The van der Waals surface area contributed by atoms with Crippen LogP contribution in [0.5, 0.6) is 0 Å². The number of nitrogens with one attached hydrogen (secondary N) is 3. The van der Waals surface area contributed by atoms with Gasteiger partial charge in [0.2, 0.25) is 0 Å².